The van der Waals surface area contributed by atoms with Crippen LogP contribution in [0.3, 0.4) is 0 Å². The molecule has 0 radical (unpaired) electrons. The fourth-order valence-electron chi connectivity index (χ4n) is 3.25. The molecule has 0 spiro atoms. The largest absolute Gasteiger partial charge is 0.484 e. The number of amides is 1. The molecule has 1 aromatic heterocycles. The minimum Gasteiger partial charge on any atom is -0.484 e. The fraction of sp³-hybridized carbons (Fsp3) is 0.273. The molecule has 0 saturated heterocycles. The molecule has 0 unspecified atom stereocenters. The van der Waals surface area contributed by atoms with Gasteiger partial charge in [0.05, 0.1) is 0 Å². The smallest absolute Gasteiger partial charge is 0.336 e. The summed E-state index contributed by atoms with van der Waals surface area (Å²) in [4.78, 5) is 24.0. The van der Waals surface area contributed by atoms with Crippen LogP contribution in [0.2, 0.25) is 0 Å². The van der Waals surface area contributed by atoms with E-state index >= 15 is 0 Å². The average Bonchev–Trinajstić information content (AvgIpc) is 3.51. The summed E-state index contributed by atoms with van der Waals surface area (Å²) in [6.07, 6.45) is 2.35. The molecule has 0 bridgehead atoms. The molecule has 0 aliphatic heterocycles. The highest BCUT2D eigenvalue weighted by Crippen LogP contribution is 2.32. The van der Waals surface area contributed by atoms with E-state index < -0.39 is 5.63 Å². The zero-order valence-electron chi connectivity index (χ0n) is 15.1. The summed E-state index contributed by atoms with van der Waals surface area (Å²) in [6, 6.07) is 16.6. The third kappa shape index (κ3) is 4.03. The molecule has 5 nitrogen and oxygen atoms in total. The van der Waals surface area contributed by atoms with Crippen molar-refractivity contribution in [3.63, 3.8) is 0 Å². The molecule has 1 aliphatic rings. The van der Waals surface area contributed by atoms with Crippen molar-refractivity contribution in [3.8, 4) is 16.9 Å². The summed E-state index contributed by atoms with van der Waals surface area (Å²) < 4.78 is 10.9. The van der Waals surface area contributed by atoms with E-state index in [2.05, 4.69) is 5.32 Å². The molecule has 1 fully saturated rings. The first-order chi connectivity index (χ1) is 13.1. The summed E-state index contributed by atoms with van der Waals surface area (Å²) >= 11 is 0. The van der Waals surface area contributed by atoms with Crippen LogP contribution in [-0.2, 0) is 4.79 Å². The summed E-state index contributed by atoms with van der Waals surface area (Å²) in [5, 5.41) is 3.77. The molecule has 1 saturated carbocycles. The van der Waals surface area contributed by atoms with Crippen molar-refractivity contribution in [2.45, 2.75) is 25.8 Å². The molecule has 4 rings (SSSR count). The Balaban J connectivity index is 1.54. The Hall–Kier alpha value is -3.08. The van der Waals surface area contributed by atoms with Crippen molar-refractivity contribution in [1.29, 1.82) is 0 Å². The van der Waals surface area contributed by atoms with Crippen LogP contribution >= 0.6 is 0 Å². The zero-order chi connectivity index (χ0) is 18.8. The van der Waals surface area contributed by atoms with Crippen LogP contribution in [0.25, 0.3) is 22.1 Å². The van der Waals surface area contributed by atoms with Crippen LogP contribution in [0.5, 0.6) is 5.75 Å². The van der Waals surface area contributed by atoms with Crippen molar-refractivity contribution in [2.24, 2.45) is 5.92 Å². The Labute approximate surface area is 157 Å². The van der Waals surface area contributed by atoms with Crippen LogP contribution in [0.1, 0.15) is 19.8 Å². The number of carbonyl (C=O) groups excluding carboxylic acids is 1. The Morgan fingerprint density at radius 1 is 1.19 bits per heavy atom. The van der Waals surface area contributed by atoms with Gasteiger partial charge in [0.25, 0.3) is 5.91 Å². The maximum absolute atomic E-state index is 12.0. The molecular weight excluding hydrogens is 342 g/mol. The monoisotopic (exact) mass is 363 g/mol. The summed E-state index contributed by atoms with van der Waals surface area (Å²) in [7, 11) is 0. The van der Waals surface area contributed by atoms with Crippen molar-refractivity contribution >= 4 is 16.9 Å². The molecule has 2 aromatic carbocycles. The van der Waals surface area contributed by atoms with Gasteiger partial charge < -0.3 is 14.5 Å². The van der Waals surface area contributed by atoms with Gasteiger partial charge >= 0.3 is 5.63 Å². The number of benzene rings is 2. The van der Waals surface area contributed by atoms with Crippen LogP contribution in [0.4, 0.5) is 0 Å². The Morgan fingerprint density at radius 2 is 1.96 bits per heavy atom. The van der Waals surface area contributed by atoms with Crippen molar-refractivity contribution < 1.29 is 13.9 Å². The highest BCUT2D eigenvalue weighted by molar-refractivity contribution is 5.93. The van der Waals surface area contributed by atoms with Crippen molar-refractivity contribution in [2.75, 3.05) is 6.61 Å². The van der Waals surface area contributed by atoms with Gasteiger partial charge in [0.15, 0.2) is 6.61 Å². The first kappa shape index (κ1) is 17.3. The van der Waals surface area contributed by atoms with Gasteiger partial charge in [-0.05, 0) is 48.9 Å². The van der Waals surface area contributed by atoms with Gasteiger partial charge in [-0.3, -0.25) is 4.79 Å². The molecular formula is C22H21NO4. The zero-order valence-corrected chi connectivity index (χ0v) is 15.1. The van der Waals surface area contributed by atoms with E-state index in [0.717, 1.165) is 16.5 Å². The second-order valence-corrected chi connectivity index (χ2v) is 6.99. The van der Waals surface area contributed by atoms with E-state index in [1.807, 2.05) is 43.3 Å². The Bertz CT molecular complexity index is 1020. The normalized spacial score (nSPS) is 14.7. The highest BCUT2D eigenvalue weighted by atomic mass is 16.5. The number of hydrogen-bond donors (Lipinski definition) is 1. The van der Waals surface area contributed by atoms with Crippen LogP contribution in [0, 0.1) is 5.92 Å². The molecule has 5 heteroatoms. The predicted octanol–water partition coefficient (Wildman–Crippen LogP) is 3.75. The maximum Gasteiger partial charge on any atom is 0.336 e. The van der Waals surface area contributed by atoms with Gasteiger partial charge in [-0.25, -0.2) is 4.79 Å². The van der Waals surface area contributed by atoms with Crippen molar-refractivity contribution in [3.05, 3.63) is 65.0 Å². The molecule has 1 amide bonds. The lowest BCUT2D eigenvalue weighted by Gasteiger charge is -2.13. The Morgan fingerprint density at radius 3 is 2.70 bits per heavy atom. The van der Waals surface area contributed by atoms with E-state index in [-0.39, 0.29) is 18.6 Å². The second kappa shape index (κ2) is 7.27. The molecule has 1 aliphatic carbocycles. The van der Waals surface area contributed by atoms with E-state index in [0.29, 0.717) is 17.3 Å². The van der Waals surface area contributed by atoms with Crippen molar-refractivity contribution in [1.82, 2.24) is 5.32 Å². The van der Waals surface area contributed by atoms with E-state index in [4.69, 9.17) is 9.15 Å². The molecule has 3 aromatic rings. The first-order valence-corrected chi connectivity index (χ1v) is 9.15. The number of hydrogen-bond acceptors (Lipinski definition) is 4. The lowest BCUT2D eigenvalue weighted by atomic mass is 10.0. The van der Waals surface area contributed by atoms with Gasteiger partial charge in [-0.2, -0.15) is 0 Å². The topological polar surface area (TPSA) is 68.5 Å². The lowest BCUT2D eigenvalue weighted by molar-refractivity contribution is -0.123. The van der Waals surface area contributed by atoms with Gasteiger partial charge in [0, 0.05) is 23.6 Å². The third-order valence-corrected chi connectivity index (χ3v) is 4.89. The number of fused-ring (bicyclic) bond motifs is 1. The van der Waals surface area contributed by atoms with Gasteiger partial charge in [0.2, 0.25) is 0 Å². The maximum atomic E-state index is 12.0. The highest BCUT2D eigenvalue weighted by Gasteiger charge is 2.28. The molecule has 1 heterocycles. The number of carbonyl (C=O) groups is 1. The van der Waals surface area contributed by atoms with Gasteiger partial charge in [-0.1, -0.05) is 30.3 Å². The quantitative estimate of drug-likeness (QED) is 0.677. The molecule has 1 N–H and O–H groups in total. The summed E-state index contributed by atoms with van der Waals surface area (Å²) in [5.41, 5.74) is 1.77. The van der Waals surface area contributed by atoms with Crippen LogP contribution in [-0.4, -0.2) is 18.6 Å². The van der Waals surface area contributed by atoms with E-state index in [9.17, 15) is 9.59 Å². The number of rotatable bonds is 6. The fourth-order valence-corrected chi connectivity index (χ4v) is 3.25. The van der Waals surface area contributed by atoms with Crippen LogP contribution < -0.4 is 15.7 Å². The number of nitrogens with one attached hydrogen (secondary N) is 1. The summed E-state index contributed by atoms with van der Waals surface area (Å²) in [5.74, 6) is 0.944. The standard InChI is InChI=1S/C22H21NO4/c1-14(15-7-8-15)23-21(24)13-26-17-9-10-18-19(16-5-3-2-4-6-16)12-22(25)27-20(18)11-17/h2-6,9-12,14-15H,7-8,13H2,1H3,(H,23,24)/t14-/m0/s1. The Kier molecular flexibility index (Phi) is 4.67. The average molecular weight is 363 g/mol. The lowest BCUT2D eigenvalue weighted by Crippen LogP contribution is -2.37. The third-order valence-electron chi connectivity index (χ3n) is 4.89. The SMILES string of the molecule is C[C@H](NC(=O)COc1ccc2c(-c3ccccc3)cc(=O)oc2c1)C1CC1. The van der Waals surface area contributed by atoms with Gasteiger partial charge in [-0.15, -0.1) is 0 Å². The van der Waals surface area contributed by atoms with Gasteiger partial charge in [0.1, 0.15) is 11.3 Å². The second-order valence-electron chi connectivity index (χ2n) is 6.99. The molecule has 1 atom stereocenters. The summed E-state index contributed by atoms with van der Waals surface area (Å²) in [6.45, 7) is 1.95. The molecule has 138 valence electrons. The van der Waals surface area contributed by atoms with Crippen LogP contribution in [0.15, 0.2) is 63.8 Å². The minimum absolute atomic E-state index is 0.0643. The van der Waals surface area contributed by atoms with E-state index in [1.54, 1.807) is 12.1 Å². The predicted molar refractivity (Wildman–Crippen MR) is 104 cm³/mol. The first-order valence-electron chi connectivity index (χ1n) is 9.15. The minimum atomic E-state index is -0.422. The molecule has 27 heavy (non-hydrogen) atoms. The number of ether oxygens (including phenoxy) is 1. The van der Waals surface area contributed by atoms with E-state index in [1.165, 1.54) is 18.9 Å².